The number of carbonyl (C=O) groups is 2. The van der Waals surface area contributed by atoms with Gasteiger partial charge in [0, 0.05) is 58.5 Å². The van der Waals surface area contributed by atoms with Crippen LogP contribution in [-0.2, 0) is 16.1 Å². The predicted molar refractivity (Wildman–Crippen MR) is 67.9 cm³/mol. The largest absolute Gasteiger partial charge is 0.354 e. The molecule has 98 valence electrons. The highest BCUT2D eigenvalue weighted by atomic mass is 16.2. The van der Waals surface area contributed by atoms with Gasteiger partial charge in [-0.3, -0.25) is 9.59 Å². The van der Waals surface area contributed by atoms with E-state index in [0.717, 1.165) is 6.54 Å². The molecule has 0 radical (unpaired) electrons. The van der Waals surface area contributed by atoms with Crippen molar-refractivity contribution >= 4 is 11.8 Å². The number of carbonyl (C=O) groups excluding carboxylic acids is 2. The zero-order valence-corrected chi connectivity index (χ0v) is 10.7. The van der Waals surface area contributed by atoms with Crippen molar-refractivity contribution in [3.8, 4) is 0 Å². The van der Waals surface area contributed by atoms with E-state index in [4.69, 9.17) is 0 Å². The molecule has 5 nitrogen and oxygen atoms in total. The Morgan fingerprint density at radius 1 is 1.00 bits per heavy atom. The molecule has 1 aromatic heterocycles. The summed E-state index contributed by atoms with van der Waals surface area (Å²) in [5.41, 5.74) is 0. The first kappa shape index (κ1) is 12.7. The summed E-state index contributed by atoms with van der Waals surface area (Å²) in [5.74, 6) is 0.265. The van der Waals surface area contributed by atoms with Gasteiger partial charge in [-0.15, -0.1) is 0 Å². The fraction of sp³-hybridized carbons (Fsp3) is 0.538. The highest BCUT2D eigenvalue weighted by Crippen LogP contribution is 2.05. The van der Waals surface area contributed by atoms with E-state index in [-0.39, 0.29) is 11.8 Å². The van der Waals surface area contributed by atoms with Crippen molar-refractivity contribution in [3.05, 3.63) is 24.5 Å². The third-order valence-corrected chi connectivity index (χ3v) is 3.33. The van der Waals surface area contributed by atoms with Crippen LogP contribution < -0.4 is 0 Å². The molecule has 0 saturated carbocycles. The number of amides is 2. The van der Waals surface area contributed by atoms with Crippen molar-refractivity contribution < 1.29 is 9.59 Å². The maximum atomic E-state index is 12.0. The van der Waals surface area contributed by atoms with Crippen LogP contribution in [0.5, 0.6) is 0 Å². The maximum absolute atomic E-state index is 12.0. The van der Waals surface area contributed by atoms with Crippen LogP contribution in [0.15, 0.2) is 24.5 Å². The summed E-state index contributed by atoms with van der Waals surface area (Å²) >= 11 is 0. The normalized spacial score (nSPS) is 15.8. The van der Waals surface area contributed by atoms with Crippen molar-refractivity contribution in [1.29, 1.82) is 0 Å². The zero-order valence-electron chi connectivity index (χ0n) is 10.7. The van der Waals surface area contributed by atoms with Crippen molar-refractivity contribution in [1.82, 2.24) is 14.4 Å². The van der Waals surface area contributed by atoms with E-state index in [1.165, 1.54) is 0 Å². The van der Waals surface area contributed by atoms with Crippen LogP contribution >= 0.6 is 0 Å². The molecule has 18 heavy (non-hydrogen) atoms. The van der Waals surface area contributed by atoms with E-state index in [2.05, 4.69) is 0 Å². The summed E-state index contributed by atoms with van der Waals surface area (Å²) in [6.45, 7) is 4.92. The Bertz CT molecular complexity index is 406. The lowest BCUT2D eigenvalue weighted by Crippen LogP contribution is -2.50. The molecule has 1 aliphatic heterocycles. The molecule has 0 spiro atoms. The highest BCUT2D eigenvalue weighted by molar-refractivity contribution is 5.77. The quantitative estimate of drug-likeness (QED) is 0.786. The SMILES string of the molecule is CC(=O)N1CCN(C(=O)CCn2cccc2)CC1. The van der Waals surface area contributed by atoms with Crippen LogP contribution in [0, 0.1) is 0 Å². The van der Waals surface area contributed by atoms with Gasteiger partial charge >= 0.3 is 0 Å². The van der Waals surface area contributed by atoms with Crippen LogP contribution in [0.4, 0.5) is 0 Å². The van der Waals surface area contributed by atoms with E-state index in [9.17, 15) is 9.59 Å². The van der Waals surface area contributed by atoms with Gasteiger partial charge in [0.25, 0.3) is 0 Å². The van der Waals surface area contributed by atoms with Gasteiger partial charge < -0.3 is 14.4 Å². The number of hydrogen-bond acceptors (Lipinski definition) is 2. The van der Waals surface area contributed by atoms with Crippen LogP contribution in [-0.4, -0.2) is 52.4 Å². The van der Waals surface area contributed by atoms with E-state index in [0.29, 0.717) is 32.6 Å². The Hall–Kier alpha value is -1.78. The molecule has 1 aromatic rings. The summed E-state index contributed by atoms with van der Waals surface area (Å²) in [6, 6.07) is 3.91. The monoisotopic (exact) mass is 249 g/mol. The number of nitrogens with zero attached hydrogens (tertiary/aromatic N) is 3. The van der Waals surface area contributed by atoms with E-state index < -0.39 is 0 Å². The molecule has 5 heteroatoms. The number of piperazine rings is 1. The molecule has 2 rings (SSSR count). The first-order chi connectivity index (χ1) is 8.66. The average Bonchev–Trinajstić information content (AvgIpc) is 2.89. The zero-order chi connectivity index (χ0) is 13.0. The van der Waals surface area contributed by atoms with Crippen LogP contribution in [0.3, 0.4) is 0 Å². The van der Waals surface area contributed by atoms with E-state index >= 15 is 0 Å². The average molecular weight is 249 g/mol. The van der Waals surface area contributed by atoms with Crippen LogP contribution in [0.1, 0.15) is 13.3 Å². The van der Waals surface area contributed by atoms with Gasteiger partial charge in [0.05, 0.1) is 0 Å². The third kappa shape index (κ3) is 3.12. The smallest absolute Gasteiger partial charge is 0.224 e. The van der Waals surface area contributed by atoms with Crippen LogP contribution in [0.2, 0.25) is 0 Å². The Morgan fingerprint density at radius 3 is 2.11 bits per heavy atom. The van der Waals surface area contributed by atoms with E-state index in [1.807, 2.05) is 34.0 Å². The van der Waals surface area contributed by atoms with E-state index in [1.54, 1.807) is 11.8 Å². The minimum absolute atomic E-state index is 0.0921. The molecule has 0 aromatic carbocycles. The Kier molecular flexibility index (Phi) is 4.02. The van der Waals surface area contributed by atoms with Gasteiger partial charge in [0.2, 0.25) is 11.8 Å². The first-order valence-corrected chi connectivity index (χ1v) is 6.31. The van der Waals surface area contributed by atoms with Gasteiger partial charge in [0.1, 0.15) is 0 Å². The lowest BCUT2D eigenvalue weighted by atomic mass is 10.2. The predicted octanol–water partition coefficient (Wildman–Crippen LogP) is 0.569. The fourth-order valence-electron chi connectivity index (χ4n) is 2.17. The third-order valence-electron chi connectivity index (χ3n) is 3.33. The molecule has 2 heterocycles. The second kappa shape index (κ2) is 5.71. The summed E-state index contributed by atoms with van der Waals surface area (Å²) < 4.78 is 2.00. The molecule has 2 amide bonds. The molecule has 0 bridgehead atoms. The number of aryl methyl sites for hydroxylation is 1. The molecule has 0 N–H and O–H groups in total. The summed E-state index contributed by atoms with van der Waals surface area (Å²) in [7, 11) is 0. The Balaban J connectivity index is 1.75. The first-order valence-electron chi connectivity index (χ1n) is 6.31. The molecule has 1 saturated heterocycles. The van der Waals surface area contributed by atoms with Gasteiger partial charge in [0.15, 0.2) is 0 Å². The van der Waals surface area contributed by atoms with Gasteiger partial charge in [-0.25, -0.2) is 0 Å². The number of aromatic nitrogens is 1. The topological polar surface area (TPSA) is 45.6 Å². The summed E-state index contributed by atoms with van der Waals surface area (Å²) in [5, 5.41) is 0. The number of rotatable bonds is 3. The van der Waals surface area contributed by atoms with Gasteiger partial charge in [-0.1, -0.05) is 0 Å². The van der Waals surface area contributed by atoms with Crippen molar-refractivity contribution in [3.63, 3.8) is 0 Å². The fourth-order valence-corrected chi connectivity index (χ4v) is 2.17. The van der Waals surface area contributed by atoms with Gasteiger partial charge in [-0.2, -0.15) is 0 Å². The lowest BCUT2D eigenvalue weighted by Gasteiger charge is -2.34. The molecule has 1 aliphatic rings. The maximum Gasteiger partial charge on any atom is 0.224 e. The lowest BCUT2D eigenvalue weighted by molar-refractivity contribution is -0.138. The molecular weight excluding hydrogens is 230 g/mol. The second-order valence-electron chi connectivity index (χ2n) is 4.56. The summed E-state index contributed by atoms with van der Waals surface area (Å²) in [6.07, 6.45) is 4.44. The molecule has 0 atom stereocenters. The Morgan fingerprint density at radius 2 is 1.56 bits per heavy atom. The molecular formula is C13H19N3O2. The second-order valence-corrected chi connectivity index (χ2v) is 4.56. The van der Waals surface area contributed by atoms with Crippen molar-refractivity contribution in [2.24, 2.45) is 0 Å². The molecule has 0 aliphatic carbocycles. The summed E-state index contributed by atoms with van der Waals surface area (Å²) in [4.78, 5) is 26.8. The van der Waals surface area contributed by atoms with Crippen molar-refractivity contribution in [2.45, 2.75) is 19.9 Å². The Labute approximate surface area is 107 Å². The van der Waals surface area contributed by atoms with Crippen LogP contribution in [0.25, 0.3) is 0 Å². The minimum atomic E-state index is 0.0921. The van der Waals surface area contributed by atoms with Crippen molar-refractivity contribution in [2.75, 3.05) is 26.2 Å². The van der Waals surface area contributed by atoms with Gasteiger partial charge in [-0.05, 0) is 12.1 Å². The molecule has 1 fully saturated rings. The standard InChI is InChI=1S/C13H19N3O2/c1-12(17)15-8-10-16(11-9-15)13(18)4-7-14-5-2-3-6-14/h2-3,5-6H,4,7-11H2,1H3. The number of hydrogen-bond donors (Lipinski definition) is 0. The minimum Gasteiger partial charge on any atom is -0.354 e. The highest BCUT2D eigenvalue weighted by Gasteiger charge is 2.21. The molecule has 0 unspecified atom stereocenters.